The van der Waals surface area contributed by atoms with E-state index in [9.17, 15) is 9.90 Å². The van der Waals surface area contributed by atoms with E-state index in [4.69, 9.17) is 5.11 Å². The molecule has 0 saturated carbocycles. The lowest BCUT2D eigenvalue weighted by atomic mass is 10.1. The Labute approximate surface area is 104 Å². The average Bonchev–Trinajstić information content (AvgIpc) is 2.13. The number of carboxylic acids is 1. The van der Waals surface area contributed by atoms with Crippen LogP contribution in [0.25, 0.3) is 0 Å². The number of hydrogen-bond acceptors (Lipinski definition) is 4. The van der Waals surface area contributed by atoms with Crippen LogP contribution in [0.1, 0.15) is 32.6 Å². The molecule has 1 unspecified atom stereocenters. The third kappa shape index (κ3) is 11.6. The fourth-order valence-corrected chi connectivity index (χ4v) is 1.80. The van der Waals surface area contributed by atoms with Gasteiger partial charge < -0.3 is 20.4 Å². The predicted octanol–water partition coefficient (Wildman–Crippen LogP) is 0.534. The number of carbonyl (C=O) groups is 1. The molecule has 1 atom stereocenters. The van der Waals surface area contributed by atoms with Gasteiger partial charge in [0.1, 0.15) is 0 Å². The second kappa shape index (κ2) is 8.44. The van der Waals surface area contributed by atoms with Crippen molar-refractivity contribution in [2.24, 2.45) is 0 Å². The highest BCUT2D eigenvalue weighted by molar-refractivity contribution is 5.66. The topological polar surface area (TPSA) is 72.8 Å². The fourth-order valence-electron chi connectivity index (χ4n) is 1.80. The summed E-state index contributed by atoms with van der Waals surface area (Å²) in [6.07, 6.45) is 2.84. The van der Waals surface area contributed by atoms with Crippen molar-refractivity contribution in [3.63, 3.8) is 0 Å². The van der Waals surface area contributed by atoms with E-state index < -0.39 is 11.6 Å². The summed E-state index contributed by atoms with van der Waals surface area (Å²) in [6.45, 7) is 3.82. The summed E-state index contributed by atoms with van der Waals surface area (Å²) < 4.78 is 0. The molecule has 0 aromatic heterocycles. The smallest absolute Gasteiger partial charge is 0.303 e. The van der Waals surface area contributed by atoms with Crippen molar-refractivity contribution in [3.8, 4) is 0 Å². The van der Waals surface area contributed by atoms with Crippen LogP contribution < -0.4 is 5.32 Å². The minimum Gasteiger partial charge on any atom is -0.481 e. The van der Waals surface area contributed by atoms with Crippen LogP contribution in [0.5, 0.6) is 0 Å². The number of carboxylic acid groups (broad SMARTS) is 1. The average molecular weight is 246 g/mol. The summed E-state index contributed by atoms with van der Waals surface area (Å²) in [6, 6.07) is 0. The highest BCUT2D eigenvalue weighted by atomic mass is 16.4. The Morgan fingerprint density at radius 1 is 1.29 bits per heavy atom. The molecule has 0 aliphatic rings. The van der Waals surface area contributed by atoms with Crippen LogP contribution in [-0.4, -0.2) is 60.4 Å². The Hall–Kier alpha value is -0.650. The normalized spacial score (nSPS) is 14.9. The van der Waals surface area contributed by atoms with E-state index in [1.807, 2.05) is 25.9 Å². The summed E-state index contributed by atoms with van der Waals surface area (Å²) in [5.41, 5.74) is -0.718. The molecule has 0 amide bonds. The summed E-state index contributed by atoms with van der Waals surface area (Å²) in [7, 11) is 3.86. The van der Waals surface area contributed by atoms with Crippen LogP contribution in [0.4, 0.5) is 0 Å². The van der Waals surface area contributed by atoms with Crippen LogP contribution in [0, 0.1) is 0 Å². The molecule has 0 aliphatic carbocycles. The van der Waals surface area contributed by atoms with Gasteiger partial charge in [-0.2, -0.15) is 0 Å². The van der Waals surface area contributed by atoms with E-state index in [0.717, 1.165) is 25.8 Å². The molecule has 3 N–H and O–H groups in total. The quantitative estimate of drug-likeness (QED) is 0.491. The monoisotopic (exact) mass is 246 g/mol. The van der Waals surface area contributed by atoms with Gasteiger partial charge in [-0.25, -0.2) is 0 Å². The Kier molecular flexibility index (Phi) is 8.12. The zero-order valence-electron chi connectivity index (χ0n) is 11.2. The second-order valence-electron chi connectivity index (χ2n) is 5.12. The molecule has 0 saturated heterocycles. The highest BCUT2D eigenvalue weighted by Gasteiger charge is 2.20. The zero-order valence-corrected chi connectivity index (χ0v) is 11.2. The van der Waals surface area contributed by atoms with Gasteiger partial charge in [-0.05, 0) is 40.4 Å². The van der Waals surface area contributed by atoms with Crippen molar-refractivity contribution in [1.29, 1.82) is 0 Å². The van der Waals surface area contributed by atoms with Gasteiger partial charge in [-0.3, -0.25) is 4.79 Å². The van der Waals surface area contributed by atoms with Crippen LogP contribution in [0.15, 0.2) is 0 Å². The van der Waals surface area contributed by atoms with E-state index in [1.54, 1.807) is 0 Å². The molecule has 0 fully saturated rings. The van der Waals surface area contributed by atoms with Crippen molar-refractivity contribution in [3.05, 3.63) is 0 Å². The van der Waals surface area contributed by atoms with Gasteiger partial charge in [0.2, 0.25) is 0 Å². The summed E-state index contributed by atoms with van der Waals surface area (Å²) in [4.78, 5) is 12.2. The van der Waals surface area contributed by atoms with Gasteiger partial charge in [0.15, 0.2) is 0 Å². The Bertz CT molecular complexity index is 218. The van der Waals surface area contributed by atoms with E-state index in [-0.39, 0.29) is 6.42 Å². The molecule has 5 nitrogen and oxygen atoms in total. The highest BCUT2D eigenvalue weighted by Crippen LogP contribution is 2.03. The molecular weight excluding hydrogens is 220 g/mol. The van der Waals surface area contributed by atoms with E-state index in [0.29, 0.717) is 13.1 Å². The lowest BCUT2D eigenvalue weighted by Crippen LogP contribution is -2.45. The van der Waals surface area contributed by atoms with Gasteiger partial charge in [-0.15, -0.1) is 0 Å². The second-order valence-corrected chi connectivity index (χ2v) is 5.12. The largest absolute Gasteiger partial charge is 0.481 e. The summed E-state index contributed by atoms with van der Waals surface area (Å²) >= 11 is 0. The SMILES string of the molecule is CN(C)CC(C)(O)CNCCCCCC(=O)O. The van der Waals surface area contributed by atoms with Crippen LogP contribution in [0.3, 0.4) is 0 Å². The third-order valence-electron chi connectivity index (χ3n) is 2.41. The number of unbranched alkanes of at least 4 members (excludes halogenated alkanes) is 2. The van der Waals surface area contributed by atoms with Gasteiger partial charge >= 0.3 is 5.97 Å². The number of likely N-dealkylation sites (N-methyl/N-ethyl adjacent to an activating group) is 1. The maximum atomic E-state index is 10.3. The molecule has 102 valence electrons. The molecule has 5 heteroatoms. The third-order valence-corrected chi connectivity index (χ3v) is 2.41. The van der Waals surface area contributed by atoms with Crippen molar-refractivity contribution in [2.45, 2.75) is 38.2 Å². The maximum Gasteiger partial charge on any atom is 0.303 e. The minimum absolute atomic E-state index is 0.248. The lowest BCUT2D eigenvalue weighted by Gasteiger charge is -2.27. The van der Waals surface area contributed by atoms with E-state index in [1.165, 1.54) is 0 Å². The Morgan fingerprint density at radius 2 is 1.94 bits per heavy atom. The summed E-state index contributed by atoms with van der Waals surface area (Å²) in [5.74, 6) is -0.730. The number of nitrogens with one attached hydrogen (secondary N) is 1. The first-order valence-electron chi connectivity index (χ1n) is 6.13. The number of hydrogen-bond donors (Lipinski definition) is 3. The first-order valence-corrected chi connectivity index (χ1v) is 6.13. The van der Waals surface area contributed by atoms with E-state index >= 15 is 0 Å². The fraction of sp³-hybridized carbons (Fsp3) is 0.917. The molecule has 0 rings (SSSR count). The molecule has 0 spiro atoms. The zero-order chi connectivity index (χ0) is 13.3. The van der Waals surface area contributed by atoms with Crippen LogP contribution in [0.2, 0.25) is 0 Å². The van der Waals surface area contributed by atoms with Crippen LogP contribution >= 0.6 is 0 Å². The van der Waals surface area contributed by atoms with Crippen LogP contribution in [-0.2, 0) is 4.79 Å². The van der Waals surface area contributed by atoms with Gasteiger partial charge in [-0.1, -0.05) is 6.42 Å². The van der Waals surface area contributed by atoms with Crippen molar-refractivity contribution in [1.82, 2.24) is 10.2 Å². The van der Waals surface area contributed by atoms with Gasteiger partial charge in [0.05, 0.1) is 5.60 Å². The van der Waals surface area contributed by atoms with Crippen molar-refractivity contribution >= 4 is 5.97 Å². The molecule has 17 heavy (non-hydrogen) atoms. The Morgan fingerprint density at radius 3 is 2.47 bits per heavy atom. The summed E-state index contributed by atoms with van der Waals surface area (Å²) in [5, 5.41) is 21.6. The molecule has 0 aliphatic heterocycles. The molecular formula is C12H26N2O3. The molecule has 0 heterocycles. The Balaban J connectivity index is 3.41. The maximum absolute atomic E-state index is 10.3. The number of aliphatic hydroxyl groups is 1. The molecule has 0 bridgehead atoms. The van der Waals surface area contributed by atoms with Crippen molar-refractivity contribution in [2.75, 3.05) is 33.7 Å². The molecule has 0 aromatic carbocycles. The molecule has 0 radical (unpaired) electrons. The predicted molar refractivity (Wildman–Crippen MR) is 68.2 cm³/mol. The van der Waals surface area contributed by atoms with Gasteiger partial charge in [0.25, 0.3) is 0 Å². The first kappa shape index (κ1) is 16.4. The lowest BCUT2D eigenvalue weighted by molar-refractivity contribution is -0.137. The number of nitrogens with zero attached hydrogens (tertiary/aromatic N) is 1. The minimum atomic E-state index is -0.730. The van der Waals surface area contributed by atoms with E-state index in [2.05, 4.69) is 5.32 Å². The first-order chi connectivity index (χ1) is 7.83. The van der Waals surface area contributed by atoms with Crippen molar-refractivity contribution < 1.29 is 15.0 Å². The standard InChI is InChI=1S/C12H26N2O3/c1-12(17,10-14(2)3)9-13-8-6-4-5-7-11(15)16/h13,17H,4-10H2,1-3H3,(H,15,16). The van der Waals surface area contributed by atoms with Gasteiger partial charge in [0, 0.05) is 19.5 Å². The molecule has 0 aromatic rings. The number of rotatable bonds is 10. The number of aliphatic carboxylic acids is 1.